The number of hydrogen-bond donors (Lipinski definition) is 1. The summed E-state index contributed by atoms with van der Waals surface area (Å²) in [4.78, 5) is 40.2. The third kappa shape index (κ3) is 4.69. The van der Waals surface area contributed by atoms with E-state index in [1.165, 1.54) is 17.0 Å². The second-order valence-electron chi connectivity index (χ2n) is 7.69. The van der Waals surface area contributed by atoms with Gasteiger partial charge in [0, 0.05) is 24.7 Å². The zero-order chi connectivity index (χ0) is 24.4. The fraction of sp³-hybridized carbons (Fsp3) is 0.115. The Morgan fingerprint density at radius 3 is 2.41 bits per heavy atom. The summed E-state index contributed by atoms with van der Waals surface area (Å²) in [6, 6.07) is 16.9. The number of anilines is 1. The molecule has 2 amide bonds. The van der Waals surface area contributed by atoms with E-state index in [0.29, 0.717) is 33.4 Å². The van der Waals surface area contributed by atoms with Crippen LogP contribution in [0.2, 0.25) is 10.0 Å². The average Bonchev–Trinajstić information content (AvgIpc) is 2.85. The quantitative estimate of drug-likeness (QED) is 0.391. The highest BCUT2D eigenvalue weighted by Crippen LogP contribution is 2.32. The van der Waals surface area contributed by atoms with Crippen LogP contribution in [0.3, 0.4) is 0 Å². The number of carbonyl (C=O) groups excluding carboxylic acids is 3. The van der Waals surface area contributed by atoms with Crippen LogP contribution in [0.4, 0.5) is 5.69 Å². The van der Waals surface area contributed by atoms with Gasteiger partial charge in [-0.05, 0) is 59.7 Å². The second-order valence-corrected chi connectivity index (χ2v) is 8.50. The summed E-state index contributed by atoms with van der Waals surface area (Å²) in [5.74, 6) is -0.512. The van der Waals surface area contributed by atoms with Crippen LogP contribution >= 0.6 is 23.2 Å². The van der Waals surface area contributed by atoms with E-state index in [1.54, 1.807) is 44.5 Å². The molecular weight excluding hydrogens is 475 g/mol. The Balaban J connectivity index is 1.59. The highest BCUT2D eigenvalue weighted by molar-refractivity contribution is 6.42. The summed E-state index contributed by atoms with van der Waals surface area (Å²) in [5.41, 5.74) is 2.47. The van der Waals surface area contributed by atoms with Crippen molar-refractivity contribution in [2.75, 3.05) is 19.1 Å². The molecular formula is C26H20Cl2N2O4. The summed E-state index contributed by atoms with van der Waals surface area (Å²) < 4.78 is 5.14. The topological polar surface area (TPSA) is 75.7 Å². The van der Waals surface area contributed by atoms with Crippen LogP contribution < -0.4 is 15.0 Å². The predicted octanol–water partition coefficient (Wildman–Crippen LogP) is 5.17. The second kappa shape index (κ2) is 9.71. The van der Waals surface area contributed by atoms with E-state index in [0.717, 1.165) is 11.3 Å². The van der Waals surface area contributed by atoms with Gasteiger partial charge >= 0.3 is 0 Å². The zero-order valence-electron chi connectivity index (χ0n) is 18.4. The van der Waals surface area contributed by atoms with Crippen LogP contribution in [0.15, 0.2) is 66.2 Å². The van der Waals surface area contributed by atoms with Crippen molar-refractivity contribution in [1.82, 2.24) is 5.32 Å². The number of ketones is 1. The highest BCUT2D eigenvalue weighted by atomic mass is 35.5. The van der Waals surface area contributed by atoms with Crippen LogP contribution in [-0.2, 0) is 11.3 Å². The van der Waals surface area contributed by atoms with Gasteiger partial charge in [0.2, 0.25) is 5.78 Å². The third-order valence-corrected chi connectivity index (χ3v) is 6.25. The number of hydrogen-bond acceptors (Lipinski definition) is 4. The molecule has 4 rings (SSSR count). The molecule has 1 aliphatic rings. The Bertz CT molecular complexity index is 1330. The molecule has 1 N–H and O–H groups in total. The minimum absolute atomic E-state index is 0.0239. The first kappa shape index (κ1) is 23.5. The summed E-state index contributed by atoms with van der Waals surface area (Å²) in [5, 5.41) is 3.53. The number of carbonyl (C=O) groups is 3. The lowest BCUT2D eigenvalue weighted by Crippen LogP contribution is -2.37. The van der Waals surface area contributed by atoms with Crippen LogP contribution in [-0.4, -0.2) is 31.8 Å². The number of fused-ring (bicyclic) bond motifs is 1. The molecule has 1 heterocycles. The Kier molecular flexibility index (Phi) is 6.72. The summed E-state index contributed by atoms with van der Waals surface area (Å²) >= 11 is 12.0. The monoisotopic (exact) mass is 494 g/mol. The molecule has 0 bridgehead atoms. The van der Waals surface area contributed by atoms with E-state index >= 15 is 0 Å². The van der Waals surface area contributed by atoms with Gasteiger partial charge in [0.1, 0.15) is 5.75 Å². The fourth-order valence-electron chi connectivity index (χ4n) is 3.61. The minimum Gasteiger partial charge on any atom is -0.497 e. The molecule has 0 radical (unpaired) electrons. The number of ether oxygens (including phenoxy) is 1. The molecule has 0 spiro atoms. The summed E-state index contributed by atoms with van der Waals surface area (Å²) in [6.45, 7) is 0.314. The van der Waals surface area contributed by atoms with Crippen molar-refractivity contribution < 1.29 is 19.1 Å². The summed E-state index contributed by atoms with van der Waals surface area (Å²) in [7, 11) is 3.17. The Labute approximate surface area is 206 Å². The van der Waals surface area contributed by atoms with Crippen molar-refractivity contribution >= 4 is 52.6 Å². The standard InChI is InChI=1S/C26H20Cl2N2O4/c1-30-23-10-6-17(25(32)29-14-15-3-7-18(34-2)8-4-15)13-19(23)24(31)20(26(30)33)11-16-5-9-21(27)22(28)12-16/h3-13H,14H2,1-2H3,(H,29,32)/b20-11+. The van der Waals surface area contributed by atoms with Gasteiger partial charge in [-0.15, -0.1) is 0 Å². The van der Waals surface area contributed by atoms with E-state index < -0.39 is 11.7 Å². The Morgan fingerprint density at radius 1 is 1.00 bits per heavy atom. The molecule has 3 aromatic rings. The molecule has 0 saturated carbocycles. The maximum atomic E-state index is 13.2. The van der Waals surface area contributed by atoms with Crippen LogP contribution in [0.25, 0.3) is 6.08 Å². The Hall–Kier alpha value is -3.61. The number of methoxy groups -OCH3 is 1. The number of halogens is 2. The Morgan fingerprint density at radius 2 is 1.74 bits per heavy atom. The number of nitrogens with zero attached hydrogens (tertiary/aromatic N) is 1. The number of nitrogens with one attached hydrogen (secondary N) is 1. The maximum absolute atomic E-state index is 13.2. The molecule has 3 aromatic carbocycles. The molecule has 0 fully saturated rings. The zero-order valence-corrected chi connectivity index (χ0v) is 19.9. The van der Waals surface area contributed by atoms with Crippen LogP contribution in [0.5, 0.6) is 5.75 Å². The lowest BCUT2D eigenvalue weighted by molar-refractivity contribution is -0.114. The first-order valence-electron chi connectivity index (χ1n) is 10.3. The fourth-order valence-corrected chi connectivity index (χ4v) is 3.91. The van der Waals surface area contributed by atoms with E-state index in [2.05, 4.69) is 5.32 Å². The van der Waals surface area contributed by atoms with Crippen molar-refractivity contribution in [1.29, 1.82) is 0 Å². The molecule has 8 heteroatoms. The first-order valence-corrected chi connectivity index (χ1v) is 11.1. The lowest BCUT2D eigenvalue weighted by atomic mass is 9.92. The number of benzene rings is 3. The van der Waals surface area contributed by atoms with Gasteiger partial charge in [0.05, 0.1) is 28.4 Å². The SMILES string of the molecule is COc1ccc(CNC(=O)c2ccc3c(c2)C(=O)/C(=C\c2ccc(Cl)c(Cl)c2)C(=O)N3C)cc1. The van der Waals surface area contributed by atoms with E-state index in [9.17, 15) is 14.4 Å². The number of rotatable bonds is 5. The molecule has 0 saturated heterocycles. The van der Waals surface area contributed by atoms with E-state index in [-0.39, 0.29) is 17.0 Å². The van der Waals surface area contributed by atoms with Crippen molar-refractivity contribution in [2.45, 2.75) is 6.54 Å². The smallest absolute Gasteiger partial charge is 0.262 e. The molecule has 0 aromatic heterocycles. The van der Waals surface area contributed by atoms with Gasteiger partial charge in [0.25, 0.3) is 11.8 Å². The van der Waals surface area contributed by atoms with Gasteiger partial charge in [-0.25, -0.2) is 0 Å². The van der Waals surface area contributed by atoms with Crippen LogP contribution in [0.1, 0.15) is 31.8 Å². The maximum Gasteiger partial charge on any atom is 0.262 e. The third-order valence-electron chi connectivity index (χ3n) is 5.51. The van der Waals surface area contributed by atoms with Gasteiger partial charge in [-0.3, -0.25) is 14.4 Å². The molecule has 0 unspecified atom stereocenters. The normalized spacial score (nSPS) is 14.2. The summed E-state index contributed by atoms with van der Waals surface area (Å²) in [6.07, 6.45) is 1.47. The molecule has 172 valence electrons. The van der Waals surface area contributed by atoms with Gasteiger partial charge in [-0.1, -0.05) is 41.4 Å². The van der Waals surface area contributed by atoms with Crippen LogP contribution in [0, 0.1) is 0 Å². The lowest BCUT2D eigenvalue weighted by Gasteiger charge is -2.27. The molecule has 0 aliphatic carbocycles. The first-order chi connectivity index (χ1) is 16.3. The van der Waals surface area contributed by atoms with Crippen molar-refractivity contribution in [3.05, 3.63) is 98.5 Å². The van der Waals surface area contributed by atoms with Crippen molar-refractivity contribution in [3.63, 3.8) is 0 Å². The van der Waals surface area contributed by atoms with Crippen molar-refractivity contribution in [3.8, 4) is 5.75 Å². The molecule has 0 atom stereocenters. The van der Waals surface area contributed by atoms with E-state index in [1.807, 2.05) is 24.3 Å². The number of likely N-dealkylation sites (N-methyl/N-ethyl adjacent to an activating group) is 1. The number of amides is 2. The van der Waals surface area contributed by atoms with Gasteiger partial charge in [-0.2, -0.15) is 0 Å². The van der Waals surface area contributed by atoms with Gasteiger partial charge < -0.3 is 15.0 Å². The molecule has 34 heavy (non-hydrogen) atoms. The van der Waals surface area contributed by atoms with Gasteiger partial charge in [0.15, 0.2) is 0 Å². The van der Waals surface area contributed by atoms with E-state index in [4.69, 9.17) is 27.9 Å². The predicted molar refractivity (Wildman–Crippen MR) is 133 cm³/mol. The minimum atomic E-state index is -0.464. The molecule has 6 nitrogen and oxygen atoms in total. The largest absolute Gasteiger partial charge is 0.497 e. The average molecular weight is 495 g/mol. The highest BCUT2D eigenvalue weighted by Gasteiger charge is 2.33. The molecule has 1 aliphatic heterocycles. The number of Topliss-reactive ketones (excluding diaryl/α,β-unsaturated/α-hetero) is 1. The van der Waals surface area contributed by atoms with Crippen molar-refractivity contribution in [2.24, 2.45) is 0 Å².